The summed E-state index contributed by atoms with van der Waals surface area (Å²) in [7, 11) is 1.94. The van der Waals surface area contributed by atoms with Gasteiger partial charge in [0, 0.05) is 25.5 Å². The van der Waals surface area contributed by atoms with Crippen LogP contribution in [0.1, 0.15) is 13.3 Å². The fourth-order valence-electron chi connectivity index (χ4n) is 1.32. The molecule has 0 aliphatic rings. The average Bonchev–Trinajstić information content (AvgIpc) is 2.77. The van der Waals surface area contributed by atoms with Crippen LogP contribution in [-0.4, -0.2) is 47.0 Å². The van der Waals surface area contributed by atoms with Crippen LogP contribution >= 0.6 is 0 Å². The van der Waals surface area contributed by atoms with Gasteiger partial charge in [-0.25, -0.2) is 4.98 Å². The van der Waals surface area contributed by atoms with E-state index in [0.29, 0.717) is 13.1 Å². The molecule has 16 heavy (non-hydrogen) atoms. The first-order chi connectivity index (χ1) is 7.72. The van der Waals surface area contributed by atoms with Crippen molar-refractivity contribution in [3.05, 3.63) is 18.7 Å². The van der Waals surface area contributed by atoms with E-state index in [1.54, 1.807) is 12.5 Å². The number of rotatable bonds is 7. The number of nitrogens with one attached hydrogen (secondary N) is 1. The van der Waals surface area contributed by atoms with E-state index in [4.69, 9.17) is 0 Å². The molecule has 0 bridgehead atoms. The summed E-state index contributed by atoms with van der Waals surface area (Å²) >= 11 is 0. The molecule has 0 radical (unpaired) electrons. The summed E-state index contributed by atoms with van der Waals surface area (Å²) in [5.74, 6) is 0.0926. The highest BCUT2D eigenvalue weighted by Gasteiger charge is 2.03. The first kappa shape index (κ1) is 12.7. The summed E-state index contributed by atoms with van der Waals surface area (Å²) in [6.45, 7) is 5.01. The zero-order chi connectivity index (χ0) is 11.8. The SMILES string of the molecule is CCN(C)CC(=O)NCCCn1ccnc1. The highest BCUT2D eigenvalue weighted by Crippen LogP contribution is 1.89. The molecular formula is C11H20N4O. The number of aromatic nitrogens is 2. The van der Waals surface area contributed by atoms with Crippen LogP contribution in [0.25, 0.3) is 0 Å². The smallest absolute Gasteiger partial charge is 0.234 e. The summed E-state index contributed by atoms with van der Waals surface area (Å²) in [5.41, 5.74) is 0. The van der Waals surface area contributed by atoms with Gasteiger partial charge in [-0.05, 0) is 20.0 Å². The van der Waals surface area contributed by atoms with Gasteiger partial charge >= 0.3 is 0 Å². The number of carbonyl (C=O) groups excluding carboxylic acids is 1. The Bertz CT molecular complexity index is 297. The molecule has 0 aromatic carbocycles. The van der Waals surface area contributed by atoms with E-state index in [-0.39, 0.29) is 5.91 Å². The van der Waals surface area contributed by atoms with Crippen LogP contribution in [0.5, 0.6) is 0 Å². The van der Waals surface area contributed by atoms with Crippen molar-refractivity contribution in [3.8, 4) is 0 Å². The lowest BCUT2D eigenvalue weighted by Crippen LogP contribution is -2.35. The Balaban J connectivity index is 2.04. The standard InChI is InChI=1S/C11H20N4O/c1-3-14(2)9-11(16)13-5-4-7-15-8-6-12-10-15/h6,8,10H,3-5,7,9H2,1-2H3,(H,13,16). The summed E-state index contributed by atoms with van der Waals surface area (Å²) in [4.78, 5) is 17.3. The minimum atomic E-state index is 0.0926. The summed E-state index contributed by atoms with van der Waals surface area (Å²) < 4.78 is 2.00. The Labute approximate surface area is 96.5 Å². The molecule has 0 aliphatic heterocycles. The molecule has 5 nitrogen and oxygen atoms in total. The quantitative estimate of drug-likeness (QED) is 0.680. The Morgan fingerprint density at radius 3 is 3.00 bits per heavy atom. The largest absolute Gasteiger partial charge is 0.355 e. The van der Waals surface area contributed by atoms with Crippen molar-refractivity contribution in [1.82, 2.24) is 19.8 Å². The topological polar surface area (TPSA) is 50.2 Å². The minimum absolute atomic E-state index is 0.0926. The Hall–Kier alpha value is -1.36. The Morgan fingerprint density at radius 2 is 2.38 bits per heavy atom. The molecule has 1 amide bonds. The third kappa shape index (κ3) is 4.93. The van der Waals surface area contributed by atoms with Crippen molar-refractivity contribution in [2.45, 2.75) is 19.9 Å². The average molecular weight is 224 g/mol. The lowest BCUT2D eigenvalue weighted by molar-refractivity contribution is -0.121. The van der Waals surface area contributed by atoms with Gasteiger partial charge in [0.15, 0.2) is 0 Å². The molecule has 0 fully saturated rings. The normalized spacial score (nSPS) is 10.7. The van der Waals surface area contributed by atoms with Crippen molar-refractivity contribution < 1.29 is 4.79 Å². The van der Waals surface area contributed by atoms with Gasteiger partial charge in [0.25, 0.3) is 0 Å². The predicted molar refractivity (Wildman–Crippen MR) is 63.0 cm³/mol. The molecule has 0 atom stereocenters. The molecule has 1 rings (SSSR count). The third-order valence-electron chi connectivity index (χ3n) is 2.43. The predicted octanol–water partition coefficient (Wildman–Crippen LogP) is 0.341. The van der Waals surface area contributed by atoms with Crippen molar-refractivity contribution >= 4 is 5.91 Å². The second-order valence-corrected chi connectivity index (χ2v) is 3.83. The number of amides is 1. The fraction of sp³-hybridized carbons (Fsp3) is 0.636. The van der Waals surface area contributed by atoms with Crippen LogP contribution < -0.4 is 5.32 Å². The molecular weight excluding hydrogens is 204 g/mol. The highest BCUT2D eigenvalue weighted by molar-refractivity contribution is 5.77. The van der Waals surface area contributed by atoms with E-state index in [2.05, 4.69) is 10.3 Å². The summed E-state index contributed by atoms with van der Waals surface area (Å²) in [5, 5.41) is 2.90. The van der Waals surface area contributed by atoms with E-state index >= 15 is 0 Å². The molecule has 1 N–H and O–H groups in total. The van der Waals surface area contributed by atoms with Gasteiger partial charge in [0.05, 0.1) is 12.9 Å². The van der Waals surface area contributed by atoms with Crippen molar-refractivity contribution in [1.29, 1.82) is 0 Å². The maximum absolute atomic E-state index is 11.4. The number of imidazole rings is 1. The van der Waals surface area contributed by atoms with Crippen molar-refractivity contribution in [2.75, 3.05) is 26.7 Å². The van der Waals surface area contributed by atoms with Crippen molar-refractivity contribution in [2.24, 2.45) is 0 Å². The molecule has 0 unspecified atom stereocenters. The first-order valence-electron chi connectivity index (χ1n) is 5.63. The van der Waals surface area contributed by atoms with E-state index in [9.17, 15) is 4.79 Å². The van der Waals surface area contributed by atoms with Gasteiger partial charge in [-0.3, -0.25) is 9.69 Å². The second-order valence-electron chi connectivity index (χ2n) is 3.83. The van der Waals surface area contributed by atoms with Gasteiger partial charge in [-0.15, -0.1) is 0 Å². The van der Waals surface area contributed by atoms with Gasteiger partial charge in [-0.1, -0.05) is 6.92 Å². The lowest BCUT2D eigenvalue weighted by atomic mass is 10.4. The van der Waals surface area contributed by atoms with Gasteiger partial charge in [-0.2, -0.15) is 0 Å². The van der Waals surface area contributed by atoms with Crippen molar-refractivity contribution in [3.63, 3.8) is 0 Å². The monoisotopic (exact) mass is 224 g/mol. The van der Waals surface area contributed by atoms with E-state index in [0.717, 1.165) is 19.5 Å². The number of hydrogen-bond donors (Lipinski definition) is 1. The molecule has 5 heteroatoms. The molecule has 0 saturated carbocycles. The molecule has 0 aliphatic carbocycles. The summed E-state index contributed by atoms with van der Waals surface area (Å²) in [6, 6.07) is 0. The van der Waals surface area contributed by atoms with Crippen LogP contribution in [0.15, 0.2) is 18.7 Å². The van der Waals surface area contributed by atoms with Gasteiger partial charge < -0.3 is 9.88 Å². The minimum Gasteiger partial charge on any atom is -0.355 e. The number of likely N-dealkylation sites (N-methyl/N-ethyl adjacent to an activating group) is 1. The van der Waals surface area contributed by atoms with Gasteiger partial charge in [0.1, 0.15) is 0 Å². The fourth-order valence-corrected chi connectivity index (χ4v) is 1.32. The highest BCUT2D eigenvalue weighted by atomic mass is 16.2. The number of nitrogens with zero attached hydrogens (tertiary/aromatic N) is 3. The van der Waals surface area contributed by atoms with E-state index < -0.39 is 0 Å². The molecule has 90 valence electrons. The number of hydrogen-bond acceptors (Lipinski definition) is 3. The molecule has 1 aromatic heterocycles. The Morgan fingerprint density at radius 1 is 1.56 bits per heavy atom. The van der Waals surface area contributed by atoms with E-state index in [1.807, 2.05) is 29.6 Å². The maximum atomic E-state index is 11.4. The maximum Gasteiger partial charge on any atom is 0.234 e. The lowest BCUT2D eigenvalue weighted by Gasteiger charge is -2.13. The third-order valence-corrected chi connectivity index (χ3v) is 2.43. The van der Waals surface area contributed by atoms with Crippen LogP contribution in [0.4, 0.5) is 0 Å². The molecule has 0 spiro atoms. The van der Waals surface area contributed by atoms with Gasteiger partial charge in [0.2, 0.25) is 5.91 Å². The summed E-state index contributed by atoms with van der Waals surface area (Å²) in [6.07, 6.45) is 6.39. The first-order valence-corrected chi connectivity index (χ1v) is 5.63. The Kier molecular flexibility index (Phi) is 5.56. The van der Waals surface area contributed by atoms with Crippen LogP contribution in [-0.2, 0) is 11.3 Å². The number of aryl methyl sites for hydroxylation is 1. The zero-order valence-electron chi connectivity index (χ0n) is 10.0. The number of carbonyl (C=O) groups is 1. The molecule has 1 heterocycles. The van der Waals surface area contributed by atoms with Crippen LogP contribution in [0.3, 0.4) is 0 Å². The zero-order valence-corrected chi connectivity index (χ0v) is 10.0. The van der Waals surface area contributed by atoms with Crippen LogP contribution in [0, 0.1) is 0 Å². The van der Waals surface area contributed by atoms with E-state index in [1.165, 1.54) is 0 Å². The van der Waals surface area contributed by atoms with Crippen LogP contribution in [0.2, 0.25) is 0 Å². The second kappa shape index (κ2) is 7.00. The molecule has 1 aromatic rings. The molecule has 0 saturated heterocycles.